The third-order valence-corrected chi connectivity index (χ3v) is 3.23. The summed E-state index contributed by atoms with van der Waals surface area (Å²) in [5.41, 5.74) is 0. The summed E-state index contributed by atoms with van der Waals surface area (Å²) in [5.74, 6) is 2.00. The van der Waals surface area contributed by atoms with Crippen LogP contribution in [-0.4, -0.2) is 19.2 Å². The lowest BCUT2D eigenvalue weighted by atomic mass is 10.1. The van der Waals surface area contributed by atoms with E-state index in [1.54, 1.807) is 6.26 Å². The molecule has 1 heterocycles. The van der Waals surface area contributed by atoms with E-state index in [4.69, 9.17) is 9.15 Å². The number of benzene rings is 1. The van der Waals surface area contributed by atoms with Crippen LogP contribution < -0.4 is 10.1 Å². The van der Waals surface area contributed by atoms with Gasteiger partial charge in [-0.25, -0.2) is 0 Å². The zero-order chi connectivity index (χ0) is 14.0. The van der Waals surface area contributed by atoms with Gasteiger partial charge in [0.2, 0.25) is 0 Å². The molecule has 0 aliphatic carbocycles. The Morgan fingerprint density at radius 1 is 1.15 bits per heavy atom. The molecule has 0 amide bonds. The van der Waals surface area contributed by atoms with Crippen LogP contribution in [0, 0.1) is 0 Å². The molecule has 3 nitrogen and oxygen atoms in total. The van der Waals surface area contributed by atoms with Crippen molar-refractivity contribution in [3.63, 3.8) is 0 Å². The molecule has 0 bridgehead atoms. The fourth-order valence-electron chi connectivity index (χ4n) is 2.04. The standard InChI is InChI=1S/C17H23NO2/c1-15(10-11-17-9-5-13-19-17)18-12-6-14-20-16-7-3-2-4-8-16/h2-5,7-9,13,15,18H,6,10-12,14H2,1H3. The summed E-state index contributed by atoms with van der Waals surface area (Å²) in [7, 11) is 0. The van der Waals surface area contributed by atoms with Crippen molar-refractivity contribution in [1.29, 1.82) is 0 Å². The number of para-hydroxylation sites is 1. The minimum absolute atomic E-state index is 0.497. The van der Waals surface area contributed by atoms with Gasteiger partial charge in [-0.1, -0.05) is 18.2 Å². The van der Waals surface area contributed by atoms with Crippen LogP contribution in [-0.2, 0) is 6.42 Å². The van der Waals surface area contributed by atoms with Crippen molar-refractivity contribution >= 4 is 0 Å². The van der Waals surface area contributed by atoms with Crippen LogP contribution in [0.25, 0.3) is 0 Å². The van der Waals surface area contributed by atoms with E-state index in [-0.39, 0.29) is 0 Å². The first kappa shape index (κ1) is 14.7. The van der Waals surface area contributed by atoms with E-state index in [1.165, 1.54) is 0 Å². The average Bonchev–Trinajstić information content (AvgIpc) is 2.99. The monoisotopic (exact) mass is 273 g/mol. The Kier molecular flexibility index (Phi) is 6.18. The van der Waals surface area contributed by atoms with Crippen LogP contribution in [0.3, 0.4) is 0 Å². The first-order valence-corrected chi connectivity index (χ1v) is 7.28. The third kappa shape index (κ3) is 5.49. The van der Waals surface area contributed by atoms with Crippen molar-refractivity contribution in [2.75, 3.05) is 13.2 Å². The number of rotatable bonds is 9. The SMILES string of the molecule is CC(CCc1ccco1)NCCCOc1ccccc1. The molecular formula is C17H23NO2. The third-order valence-electron chi connectivity index (χ3n) is 3.23. The van der Waals surface area contributed by atoms with Crippen molar-refractivity contribution in [2.45, 2.75) is 32.2 Å². The highest BCUT2D eigenvalue weighted by Crippen LogP contribution is 2.08. The fraction of sp³-hybridized carbons (Fsp3) is 0.412. The van der Waals surface area contributed by atoms with E-state index < -0.39 is 0 Å². The Bertz CT molecular complexity index is 453. The van der Waals surface area contributed by atoms with Crippen molar-refractivity contribution < 1.29 is 9.15 Å². The van der Waals surface area contributed by atoms with E-state index in [0.717, 1.165) is 43.9 Å². The molecule has 0 fully saturated rings. The molecule has 1 N–H and O–H groups in total. The van der Waals surface area contributed by atoms with Crippen molar-refractivity contribution in [2.24, 2.45) is 0 Å². The summed E-state index contributed by atoms with van der Waals surface area (Å²) in [6, 6.07) is 14.4. The highest BCUT2D eigenvalue weighted by molar-refractivity contribution is 5.20. The fourth-order valence-corrected chi connectivity index (χ4v) is 2.04. The van der Waals surface area contributed by atoms with Gasteiger partial charge in [0.1, 0.15) is 11.5 Å². The van der Waals surface area contributed by atoms with Gasteiger partial charge in [0.15, 0.2) is 0 Å². The molecule has 1 atom stereocenters. The van der Waals surface area contributed by atoms with E-state index in [0.29, 0.717) is 6.04 Å². The van der Waals surface area contributed by atoms with Gasteiger partial charge in [0, 0.05) is 12.5 Å². The molecule has 20 heavy (non-hydrogen) atoms. The number of ether oxygens (including phenoxy) is 1. The van der Waals surface area contributed by atoms with Crippen LogP contribution in [0.5, 0.6) is 5.75 Å². The maximum absolute atomic E-state index is 5.65. The second kappa shape index (κ2) is 8.43. The second-order valence-electron chi connectivity index (χ2n) is 4.99. The number of hydrogen-bond donors (Lipinski definition) is 1. The maximum Gasteiger partial charge on any atom is 0.119 e. The van der Waals surface area contributed by atoms with Gasteiger partial charge in [-0.15, -0.1) is 0 Å². The first-order chi connectivity index (χ1) is 9.84. The summed E-state index contributed by atoms with van der Waals surface area (Å²) in [5, 5.41) is 3.51. The molecule has 0 aliphatic rings. The summed E-state index contributed by atoms with van der Waals surface area (Å²) in [6.45, 7) is 3.94. The molecule has 0 saturated carbocycles. The van der Waals surface area contributed by atoms with Gasteiger partial charge >= 0.3 is 0 Å². The Labute approximate surface area is 121 Å². The molecule has 2 aromatic rings. The Morgan fingerprint density at radius 2 is 2.00 bits per heavy atom. The van der Waals surface area contributed by atoms with Crippen LogP contribution in [0.4, 0.5) is 0 Å². The molecule has 3 heteroatoms. The number of furan rings is 1. The summed E-state index contributed by atoms with van der Waals surface area (Å²) in [6.07, 6.45) is 4.82. The lowest BCUT2D eigenvalue weighted by molar-refractivity contribution is 0.304. The van der Waals surface area contributed by atoms with Gasteiger partial charge in [-0.05, 0) is 50.6 Å². The zero-order valence-electron chi connectivity index (χ0n) is 12.0. The highest BCUT2D eigenvalue weighted by atomic mass is 16.5. The molecule has 0 aliphatic heterocycles. The average molecular weight is 273 g/mol. The van der Waals surface area contributed by atoms with Crippen molar-refractivity contribution in [3.8, 4) is 5.75 Å². The van der Waals surface area contributed by atoms with Gasteiger partial charge in [0.25, 0.3) is 0 Å². The summed E-state index contributed by atoms with van der Waals surface area (Å²) >= 11 is 0. The molecule has 108 valence electrons. The van der Waals surface area contributed by atoms with E-state index in [9.17, 15) is 0 Å². The first-order valence-electron chi connectivity index (χ1n) is 7.28. The Morgan fingerprint density at radius 3 is 2.75 bits per heavy atom. The van der Waals surface area contributed by atoms with Crippen molar-refractivity contribution in [1.82, 2.24) is 5.32 Å². The minimum atomic E-state index is 0.497. The molecule has 1 aromatic heterocycles. The number of aryl methyl sites for hydroxylation is 1. The number of hydrogen-bond acceptors (Lipinski definition) is 3. The molecule has 0 spiro atoms. The lowest BCUT2D eigenvalue weighted by Gasteiger charge is -2.13. The molecular weight excluding hydrogens is 250 g/mol. The summed E-state index contributed by atoms with van der Waals surface area (Å²) < 4.78 is 11.0. The van der Waals surface area contributed by atoms with Crippen molar-refractivity contribution in [3.05, 3.63) is 54.5 Å². The van der Waals surface area contributed by atoms with Crippen LogP contribution in [0.15, 0.2) is 53.1 Å². The largest absolute Gasteiger partial charge is 0.494 e. The van der Waals surface area contributed by atoms with Gasteiger partial charge in [-0.3, -0.25) is 0 Å². The Balaban J connectivity index is 1.50. The van der Waals surface area contributed by atoms with Gasteiger partial charge < -0.3 is 14.5 Å². The van der Waals surface area contributed by atoms with Crippen LogP contribution >= 0.6 is 0 Å². The van der Waals surface area contributed by atoms with Crippen LogP contribution in [0.1, 0.15) is 25.5 Å². The van der Waals surface area contributed by atoms with Crippen LogP contribution in [0.2, 0.25) is 0 Å². The molecule has 1 unspecified atom stereocenters. The predicted octanol–water partition coefficient (Wildman–Crippen LogP) is 3.66. The van der Waals surface area contributed by atoms with E-state index in [1.807, 2.05) is 42.5 Å². The van der Waals surface area contributed by atoms with Gasteiger partial charge in [-0.2, -0.15) is 0 Å². The van der Waals surface area contributed by atoms with E-state index >= 15 is 0 Å². The second-order valence-corrected chi connectivity index (χ2v) is 4.99. The molecule has 0 saturated heterocycles. The molecule has 1 aromatic carbocycles. The quantitative estimate of drug-likeness (QED) is 0.708. The number of nitrogens with one attached hydrogen (secondary N) is 1. The Hall–Kier alpha value is -1.74. The smallest absolute Gasteiger partial charge is 0.119 e. The lowest BCUT2D eigenvalue weighted by Crippen LogP contribution is -2.28. The van der Waals surface area contributed by atoms with Gasteiger partial charge in [0.05, 0.1) is 12.9 Å². The molecule has 2 rings (SSSR count). The topological polar surface area (TPSA) is 34.4 Å². The maximum atomic E-state index is 5.65. The van der Waals surface area contributed by atoms with E-state index in [2.05, 4.69) is 12.2 Å². The highest BCUT2D eigenvalue weighted by Gasteiger charge is 2.03. The predicted molar refractivity (Wildman–Crippen MR) is 81.0 cm³/mol. The minimum Gasteiger partial charge on any atom is -0.494 e. The summed E-state index contributed by atoms with van der Waals surface area (Å²) in [4.78, 5) is 0. The zero-order valence-corrected chi connectivity index (χ0v) is 12.0. The normalized spacial score (nSPS) is 12.2. The molecule has 0 radical (unpaired) electrons.